The number of pyridine rings is 1. The van der Waals surface area contributed by atoms with Crippen molar-refractivity contribution in [2.45, 2.75) is 49.1 Å². The number of carbonyl (C=O) groups excluding carboxylic acids is 2. The molecule has 2 aromatic heterocycles. The van der Waals surface area contributed by atoms with Gasteiger partial charge in [0, 0.05) is 12.6 Å². The molecule has 1 fully saturated rings. The first-order chi connectivity index (χ1) is 19.4. The number of benzene rings is 1. The fraction of sp³-hybridized carbons (Fsp3) is 0.333. The van der Waals surface area contributed by atoms with E-state index in [9.17, 15) is 31.2 Å². The van der Waals surface area contributed by atoms with Crippen LogP contribution in [0.15, 0.2) is 43.1 Å². The van der Waals surface area contributed by atoms with Crippen molar-refractivity contribution in [2.75, 3.05) is 6.61 Å². The third-order valence-electron chi connectivity index (χ3n) is 7.46. The summed E-state index contributed by atoms with van der Waals surface area (Å²) in [5.41, 5.74) is 1.16. The highest BCUT2D eigenvalue weighted by Crippen LogP contribution is 2.44. The van der Waals surface area contributed by atoms with Crippen LogP contribution in [0.25, 0.3) is 11.9 Å². The number of rotatable bonds is 7. The van der Waals surface area contributed by atoms with E-state index in [4.69, 9.17) is 4.74 Å². The Balaban J connectivity index is 1.39. The maximum atomic E-state index is 13.6. The summed E-state index contributed by atoms with van der Waals surface area (Å²) in [7, 11) is -3.93. The fourth-order valence-corrected chi connectivity index (χ4v) is 6.67. The molecule has 0 saturated heterocycles. The normalized spacial score (nSPS) is 19.8. The van der Waals surface area contributed by atoms with Gasteiger partial charge in [-0.05, 0) is 66.6 Å². The summed E-state index contributed by atoms with van der Waals surface area (Å²) in [4.78, 5) is 31.4. The number of hydrogen-bond donors (Lipinski definition) is 2. The van der Waals surface area contributed by atoms with Crippen molar-refractivity contribution in [3.63, 3.8) is 0 Å². The van der Waals surface area contributed by atoms with Gasteiger partial charge in [0.05, 0.1) is 22.0 Å². The van der Waals surface area contributed by atoms with Crippen LogP contribution in [-0.4, -0.2) is 53.0 Å². The molecule has 0 radical (unpaired) electrons. The lowest BCUT2D eigenvalue weighted by atomic mass is 9.82. The van der Waals surface area contributed by atoms with Gasteiger partial charge in [0.2, 0.25) is 10.0 Å². The molecule has 2 aliphatic carbocycles. The molecule has 1 aromatic carbocycles. The van der Waals surface area contributed by atoms with E-state index in [0.717, 1.165) is 10.2 Å². The monoisotopic (exact) mass is 587 g/mol. The Morgan fingerprint density at radius 1 is 1.27 bits per heavy atom. The Hall–Kier alpha value is -4.20. The average molecular weight is 588 g/mol. The Morgan fingerprint density at radius 3 is 2.71 bits per heavy atom. The number of fused-ring (bicyclic) bond motifs is 3. The molecule has 0 unspecified atom stereocenters. The standard InChI is InChI=1S/C27H24F3N5O5S/c1-2-15-3-8-21(31-13-15)35-23(25(37)34-41(38,39)18-5-6-18)22-20(33-35)12-26(32-24(22)36)10-9-16-11-17(4-7-19(16)26)40-14-27(28,29)30/h2-4,7-8,11,13,18H,1,5-6,9-10,12,14H2,(H,32,36)(H,34,37)/t26-/m0/s1. The molecule has 2 amide bonds. The van der Waals surface area contributed by atoms with Gasteiger partial charge in [-0.25, -0.2) is 22.8 Å². The lowest BCUT2D eigenvalue weighted by molar-refractivity contribution is -0.153. The number of carbonyl (C=O) groups is 2. The molecule has 3 heterocycles. The van der Waals surface area contributed by atoms with E-state index in [1.807, 2.05) is 0 Å². The molecule has 6 rings (SSSR count). The predicted molar refractivity (Wildman–Crippen MR) is 140 cm³/mol. The molecule has 14 heteroatoms. The van der Waals surface area contributed by atoms with Crippen molar-refractivity contribution in [2.24, 2.45) is 0 Å². The second-order valence-electron chi connectivity index (χ2n) is 10.3. The number of sulfonamides is 1. The number of nitrogens with one attached hydrogen (secondary N) is 2. The van der Waals surface area contributed by atoms with Crippen molar-refractivity contribution in [1.29, 1.82) is 0 Å². The van der Waals surface area contributed by atoms with E-state index in [0.29, 0.717) is 36.8 Å². The Kier molecular flexibility index (Phi) is 6.21. The van der Waals surface area contributed by atoms with Crippen LogP contribution in [0.5, 0.6) is 5.75 Å². The largest absolute Gasteiger partial charge is 0.484 e. The van der Waals surface area contributed by atoms with Crippen LogP contribution in [0.2, 0.25) is 0 Å². The Morgan fingerprint density at radius 2 is 2.05 bits per heavy atom. The lowest BCUT2D eigenvalue weighted by Crippen LogP contribution is -2.50. The maximum Gasteiger partial charge on any atom is 0.422 e. The number of amides is 2. The average Bonchev–Trinajstić information content (AvgIpc) is 3.65. The summed E-state index contributed by atoms with van der Waals surface area (Å²) in [6.45, 7) is 2.27. The zero-order valence-corrected chi connectivity index (χ0v) is 22.3. The van der Waals surface area contributed by atoms with Crippen LogP contribution in [0.4, 0.5) is 13.2 Å². The van der Waals surface area contributed by atoms with E-state index >= 15 is 0 Å². The molecule has 41 heavy (non-hydrogen) atoms. The molecule has 3 aromatic rings. The topological polar surface area (TPSA) is 132 Å². The molecule has 214 valence electrons. The first kappa shape index (κ1) is 27.0. The van der Waals surface area contributed by atoms with Crippen molar-refractivity contribution < 1.29 is 35.9 Å². The quantitative estimate of drug-likeness (QED) is 0.434. The summed E-state index contributed by atoms with van der Waals surface area (Å²) in [5.74, 6) is -1.36. The number of alkyl halides is 3. The molecule has 1 saturated carbocycles. The molecule has 1 atom stereocenters. The van der Waals surface area contributed by atoms with Gasteiger partial charge in [0.15, 0.2) is 12.4 Å². The molecule has 3 aliphatic rings. The van der Waals surface area contributed by atoms with Gasteiger partial charge in [-0.1, -0.05) is 18.7 Å². The number of aromatic nitrogens is 3. The Bertz CT molecular complexity index is 1700. The van der Waals surface area contributed by atoms with E-state index in [1.54, 1.807) is 24.3 Å². The van der Waals surface area contributed by atoms with E-state index in [-0.39, 0.29) is 34.9 Å². The number of ether oxygens (including phenoxy) is 1. The van der Waals surface area contributed by atoms with Gasteiger partial charge in [0.1, 0.15) is 11.4 Å². The van der Waals surface area contributed by atoms with E-state index in [1.165, 1.54) is 18.3 Å². The molecular formula is C27H24F3N5O5S. The molecule has 2 N–H and O–H groups in total. The third-order valence-corrected chi connectivity index (χ3v) is 9.28. The summed E-state index contributed by atoms with van der Waals surface area (Å²) >= 11 is 0. The van der Waals surface area contributed by atoms with Gasteiger partial charge in [-0.15, -0.1) is 0 Å². The van der Waals surface area contributed by atoms with Crippen molar-refractivity contribution in [1.82, 2.24) is 24.8 Å². The van der Waals surface area contributed by atoms with Crippen LogP contribution in [0.3, 0.4) is 0 Å². The SMILES string of the molecule is C=Cc1ccc(-n2nc3c(c2C(=O)NS(=O)(=O)C2CC2)C(=O)N[C@@]2(CCc4cc(OCC(F)(F)F)ccc42)C3)nc1. The summed E-state index contributed by atoms with van der Waals surface area (Å²) in [6, 6.07) is 7.84. The molecule has 1 spiro atoms. The molecule has 0 bridgehead atoms. The van der Waals surface area contributed by atoms with Crippen LogP contribution >= 0.6 is 0 Å². The van der Waals surface area contributed by atoms with E-state index in [2.05, 4.69) is 26.7 Å². The van der Waals surface area contributed by atoms with Gasteiger partial charge >= 0.3 is 6.18 Å². The number of aryl methyl sites for hydroxylation is 1. The van der Waals surface area contributed by atoms with Crippen LogP contribution in [-0.2, 0) is 28.4 Å². The van der Waals surface area contributed by atoms with Crippen molar-refractivity contribution in [3.8, 4) is 11.6 Å². The summed E-state index contributed by atoms with van der Waals surface area (Å²) in [6.07, 6.45) is 0.548. The van der Waals surface area contributed by atoms with Crippen LogP contribution in [0.1, 0.15) is 62.5 Å². The summed E-state index contributed by atoms with van der Waals surface area (Å²) in [5, 5.41) is 6.88. The number of hydrogen-bond acceptors (Lipinski definition) is 7. The van der Waals surface area contributed by atoms with Crippen molar-refractivity contribution >= 4 is 27.9 Å². The molecule has 1 aliphatic heterocycles. The highest BCUT2D eigenvalue weighted by atomic mass is 32.2. The zero-order chi connectivity index (χ0) is 29.2. The second-order valence-corrected chi connectivity index (χ2v) is 12.3. The zero-order valence-electron chi connectivity index (χ0n) is 21.5. The van der Waals surface area contributed by atoms with Crippen LogP contribution < -0.4 is 14.8 Å². The second kappa shape index (κ2) is 9.43. The van der Waals surface area contributed by atoms with Gasteiger partial charge in [-0.2, -0.15) is 18.3 Å². The highest BCUT2D eigenvalue weighted by molar-refractivity contribution is 7.91. The number of nitrogens with zero attached hydrogens (tertiary/aromatic N) is 3. The smallest absolute Gasteiger partial charge is 0.422 e. The fourth-order valence-electron chi connectivity index (χ4n) is 5.39. The minimum atomic E-state index is -4.48. The lowest BCUT2D eigenvalue weighted by Gasteiger charge is -2.35. The number of halogens is 3. The minimum absolute atomic E-state index is 0.0627. The first-order valence-corrected chi connectivity index (χ1v) is 14.4. The Labute approximate surface area is 232 Å². The van der Waals surface area contributed by atoms with Crippen molar-refractivity contribution in [3.05, 3.63) is 76.7 Å². The van der Waals surface area contributed by atoms with Crippen LogP contribution in [0, 0.1) is 0 Å². The first-order valence-electron chi connectivity index (χ1n) is 12.8. The molecular weight excluding hydrogens is 563 g/mol. The van der Waals surface area contributed by atoms with E-state index < -0.39 is 45.4 Å². The van der Waals surface area contributed by atoms with Gasteiger partial charge in [-0.3, -0.25) is 9.59 Å². The van der Waals surface area contributed by atoms with Gasteiger partial charge in [0.25, 0.3) is 11.8 Å². The highest BCUT2D eigenvalue weighted by Gasteiger charge is 2.48. The van der Waals surface area contributed by atoms with Gasteiger partial charge < -0.3 is 10.1 Å². The third kappa shape index (κ3) is 4.96. The predicted octanol–water partition coefficient (Wildman–Crippen LogP) is 3.20. The summed E-state index contributed by atoms with van der Waals surface area (Å²) < 4.78 is 71.2. The maximum absolute atomic E-state index is 13.6. The minimum Gasteiger partial charge on any atom is -0.484 e. The molecule has 10 nitrogen and oxygen atoms in total.